The fourth-order valence-electron chi connectivity index (χ4n) is 7.41. The molecule has 66 heavy (non-hydrogen) atoms. The third-order valence-electron chi connectivity index (χ3n) is 10.8. The number of likely N-dealkylation sites (N-methyl/N-ethyl adjacent to an activating group) is 1. The first-order chi connectivity index (χ1) is 31.7. The lowest BCUT2D eigenvalue weighted by atomic mass is 9.93. The minimum Gasteiger partial charge on any atom is -0.492 e. The average Bonchev–Trinajstić information content (AvgIpc) is 3.30. The summed E-state index contributed by atoms with van der Waals surface area (Å²) in [5.41, 5.74) is 22.3. The molecule has 1 aliphatic rings. The van der Waals surface area contributed by atoms with Crippen LogP contribution in [0.25, 0.3) is 11.1 Å². The summed E-state index contributed by atoms with van der Waals surface area (Å²) >= 11 is 0. The maximum absolute atomic E-state index is 14.7. The number of nitriles is 1. The number of hydrogen-bond acceptors (Lipinski definition) is 13. The van der Waals surface area contributed by atoms with Crippen LogP contribution in [0.5, 0.6) is 11.5 Å². The summed E-state index contributed by atoms with van der Waals surface area (Å²) in [6.07, 6.45) is 0.891. The normalized spacial score (nSPS) is 16.1. The zero-order valence-electron chi connectivity index (χ0n) is 37.8. The molecular weight excluding hydrogens is 843 g/mol. The Labute approximate surface area is 384 Å². The molecule has 2 heterocycles. The fraction of sp³-hybridized carbons (Fsp3) is 0.375. The van der Waals surface area contributed by atoms with Gasteiger partial charge in [-0.05, 0) is 99.2 Å². The molecule has 5 amide bonds. The van der Waals surface area contributed by atoms with Gasteiger partial charge >= 0.3 is 0 Å². The van der Waals surface area contributed by atoms with Gasteiger partial charge in [0.1, 0.15) is 55.4 Å². The van der Waals surface area contributed by atoms with Gasteiger partial charge in [-0.25, -0.2) is 9.97 Å². The van der Waals surface area contributed by atoms with Crippen LogP contribution in [0, 0.1) is 37.0 Å². The number of fused-ring (bicyclic) bond motifs is 5. The second-order valence-corrected chi connectivity index (χ2v) is 15.6. The molecule has 3 aromatic carbocycles. The summed E-state index contributed by atoms with van der Waals surface area (Å²) in [6, 6.07) is 14.8. The summed E-state index contributed by atoms with van der Waals surface area (Å²) in [5.74, 6) is 3.60. The summed E-state index contributed by atoms with van der Waals surface area (Å²) in [5, 5.41) is 19.9. The fourth-order valence-corrected chi connectivity index (χ4v) is 7.41. The van der Waals surface area contributed by atoms with E-state index in [9.17, 15) is 24.0 Å². The van der Waals surface area contributed by atoms with Crippen LogP contribution in [0.4, 0.5) is 0 Å². The number of nitrogens with zero attached hydrogens (tertiary/aromatic N) is 4. The van der Waals surface area contributed by atoms with Gasteiger partial charge in [0.2, 0.25) is 29.5 Å². The molecule has 0 fully saturated rings. The lowest BCUT2D eigenvalue weighted by Gasteiger charge is -2.32. The Morgan fingerprint density at radius 3 is 2.12 bits per heavy atom. The molecule has 18 heteroatoms. The maximum Gasteiger partial charge on any atom is 0.255 e. The molecule has 4 bridgehead atoms. The van der Waals surface area contributed by atoms with Crippen LogP contribution in [0.2, 0.25) is 0 Å². The quantitative estimate of drug-likeness (QED) is 0.0654. The van der Waals surface area contributed by atoms with E-state index < -0.39 is 53.7 Å². The Kier molecular flexibility index (Phi) is 17.7. The molecule has 0 radical (unpaired) electrons. The second-order valence-electron chi connectivity index (χ2n) is 15.6. The molecule has 0 saturated carbocycles. The number of amides is 5. The molecule has 346 valence electrons. The standard InChI is InChI=1S/C48H57N11O7/c1-6-31-7-9-32(10-8-31)12-16-41-54-28(2)42(29(3)55-41)46(62)57-37(17-18-49)48(64)59(5)43-34-13-15-40(66-24-21-52)36(27-34)35-25-33(11-14-39(35)65-23-20-51)26-38(45(61)53-22-19-50)58-44(60)30(4)56-47(43)63/h7-11,13-15,25,27,30,37-38,43H,6,17-18,20-24,26,49,51-52H2,1-5H3,(H,53,61)(H,56,63)(H,57,62)(H,58,60)/t30-,37?,38-,43-/m0/s1. The molecule has 0 aliphatic carbocycles. The van der Waals surface area contributed by atoms with Crippen molar-refractivity contribution in [1.29, 1.82) is 5.26 Å². The molecule has 5 rings (SSSR count). The largest absolute Gasteiger partial charge is 0.492 e. The van der Waals surface area contributed by atoms with E-state index in [1.54, 1.807) is 50.2 Å². The first kappa shape index (κ1) is 49.6. The zero-order chi connectivity index (χ0) is 47.9. The van der Waals surface area contributed by atoms with Crippen LogP contribution >= 0.6 is 0 Å². The number of carbonyl (C=O) groups excluding carboxylic acids is 5. The van der Waals surface area contributed by atoms with Crippen molar-refractivity contribution in [1.82, 2.24) is 36.1 Å². The molecule has 0 saturated heterocycles. The van der Waals surface area contributed by atoms with E-state index in [1.807, 2.05) is 30.3 Å². The topological polar surface area (TPSA) is 283 Å². The van der Waals surface area contributed by atoms with Crippen LogP contribution in [0.1, 0.15) is 76.1 Å². The van der Waals surface area contributed by atoms with Gasteiger partial charge in [-0.3, -0.25) is 24.0 Å². The Balaban J connectivity index is 1.56. The number of carbonyl (C=O) groups is 5. The van der Waals surface area contributed by atoms with Crippen molar-refractivity contribution in [2.75, 3.05) is 46.4 Å². The highest BCUT2D eigenvalue weighted by molar-refractivity contribution is 6.00. The van der Waals surface area contributed by atoms with Crippen molar-refractivity contribution in [2.24, 2.45) is 17.2 Å². The first-order valence-electron chi connectivity index (χ1n) is 21.7. The van der Waals surface area contributed by atoms with E-state index in [0.29, 0.717) is 45.1 Å². The summed E-state index contributed by atoms with van der Waals surface area (Å²) in [6.45, 7) is 7.14. The summed E-state index contributed by atoms with van der Waals surface area (Å²) in [7, 11) is 1.41. The number of ether oxygens (including phenoxy) is 2. The number of hydrogen-bond donors (Lipinski definition) is 7. The highest BCUT2D eigenvalue weighted by Crippen LogP contribution is 2.40. The third kappa shape index (κ3) is 12.4. The monoisotopic (exact) mass is 899 g/mol. The highest BCUT2D eigenvalue weighted by Gasteiger charge is 2.36. The van der Waals surface area contributed by atoms with Crippen LogP contribution in [-0.2, 0) is 32.0 Å². The van der Waals surface area contributed by atoms with Crippen LogP contribution < -0.4 is 47.9 Å². The van der Waals surface area contributed by atoms with E-state index in [2.05, 4.69) is 50.0 Å². The van der Waals surface area contributed by atoms with Crippen LogP contribution in [0.15, 0.2) is 60.7 Å². The van der Waals surface area contributed by atoms with E-state index in [4.69, 9.17) is 31.9 Å². The number of aromatic nitrogens is 2. The van der Waals surface area contributed by atoms with Gasteiger partial charge in [0, 0.05) is 43.2 Å². The lowest BCUT2D eigenvalue weighted by molar-refractivity contribution is -0.141. The first-order valence-corrected chi connectivity index (χ1v) is 21.7. The number of aryl methyl sites for hydroxylation is 3. The Bertz CT molecular complexity index is 2510. The Hall–Kier alpha value is -7.38. The Morgan fingerprint density at radius 1 is 0.879 bits per heavy atom. The molecule has 0 spiro atoms. The van der Waals surface area contributed by atoms with Gasteiger partial charge in [0.25, 0.3) is 5.91 Å². The molecule has 10 N–H and O–H groups in total. The van der Waals surface area contributed by atoms with Crippen molar-refractivity contribution >= 4 is 29.5 Å². The molecular formula is C48H57N11O7. The van der Waals surface area contributed by atoms with Crippen molar-refractivity contribution in [2.45, 2.75) is 71.1 Å². The van der Waals surface area contributed by atoms with Crippen molar-refractivity contribution in [3.8, 4) is 40.5 Å². The Morgan fingerprint density at radius 2 is 1.52 bits per heavy atom. The molecule has 4 aromatic rings. The smallest absolute Gasteiger partial charge is 0.255 e. The van der Waals surface area contributed by atoms with E-state index in [-0.39, 0.29) is 63.6 Å². The molecule has 1 unspecified atom stereocenters. The number of benzene rings is 3. The van der Waals surface area contributed by atoms with Crippen molar-refractivity contribution in [3.63, 3.8) is 0 Å². The second kappa shape index (κ2) is 23.5. The van der Waals surface area contributed by atoms with E-state index in [1.165, 1.54) is 24.4 Å². The highest BCUT2D eigenvalue weighted by atomic mass is 16.5. The average molecular weight is 900 g/mol. The number of nitrogens with two attached hydrogens (primary N) is 3. The minimum absolute atomic E-state index is 0.00185. The summed E-state index contributed by atoms with van der Waals surface area (Å²) in [4.78, 5) is 80.5. The third-order valence-corrected chi connectivity index (χ3v) is 10.8. The van der Waals surface area contributed by atoms with E-state index >= 15 is 0 Å². The van der Waals surface area contributed by atoms with Gasteiger partial charge in [-0.15, -0.1) is 0 Å². The van der Waals surface area contributed by atoms with Crippen LogP contribution in [0.3, 0.4) is 0 Å². The van der Waals surface area contributed by atoms with Crippen molar-refractivity contribution in [3.05, 3.63) is 106 Å². The minimum atomic E-state index is -1.41. The maximum atomic E-state index is 14.7. The van der Waals surface area contributed by atoms with Gasteiger partial charge < -0.3 is 52.8 Å². The number of nitrogens with one attached hydrogen (secondary N) is 4. The molecule has 4 atom stereocenters. The van der Waals surface area contributed by atoms with Gasteiger partial charge in [0.15, 0.2) is 0 Å². The SMILES string of the molecule is CCc1ccc(C#Cc2nc(C)c(C(=O)NC(CCN)C(=O)N(C)[C@@H]3C(=O)N[C@@H](C)C(=O)N[C@H](C(=O)NCC#N)Cc4ccc(OCCN)c(c4)-c4cc3ccc4OCCN)c(C)n2)cc1. The van der Waals surface area contributed by atoms with Crippen molar-refractivity contribution < 1.29 is 33.4 Å². The predicted molar refractivity (Wildman–Crippen MR) is 247 cm³/mol. The number of rotatable bonds is 15. The molecule has 1 aromatic heterocycles. The van der Waals surface area contributed by atoms with Gasteiger partial charge in [0.05, 0.1) is 23.0 Å². The zero-order valence-corrected chi connectivity index (χ0v) is 37.8. The summed E-state index contributed by atoms with van der Waals surface area (Å²) < 4.78 is 12.2. The van der Waals surface area contributed by atoms with Gasteiger partial charge in [-0.2, -0.15) is 5.26 Å². The molecule has 18 nitrogen and oxygen atoms in total. The lowest BCUT2D eigenvalue weighted by Crippen LogP contribution is -2.56. The van der Waals surface area contributed by atoms with E-state index in [0.717, 1.165) is 12.0 Å². The molecule has 1 aliphatic heterocycles. The van der Waals surface area contributed by atoms with Crippen LogP contribution in [-0.4, -0.2) is 109 Å². The predicted octanol–water partition coefficient (Wildman–Crippen LogP) is 1.23. The van der Waals surface area contributed by atoms with Gasteiger partial charge in [-0.1, -0.05) is 37.1 Å².